The number of aliphatic carboxylic acids is 1. The minimum absolute atomic E-state index is 0.0266. The van der Waals surface area contributed by atoms with Gasteiger partial charge < -0.3 is 10.4 Å². The summed E-state index contributed by atoms with van der Waals surface area (Å²) >= 11 is 0. The Morgan fingerprint density at radius 3 is 2.14 bits per heavy atom. The first-order valence-electron chi connectivity index (χ1n) is 6.48. The smallest absolute Gasteiger partial charge is 0.416 e. The van der Waals surface area contributed by atoms with Gasteiger partial charge in [0.25, 0.3) is 0 Å². The number of carboxylic acids is 1. The zero-order valence-corrected chi connectivity index (χ0v) is 11.7. The molecule has 0 bridgehead atoms. The molecular weight excluding hydrogens is 295 g/mol. The molecule has 0 aromatic heterocycles. The van der Waals surface area contributed by atoms with E-state index in [1.165, 1.54) is 19.1 Å². The predicted octanol–water partition coefficient (Wildman–Crippen LogP) is 4.12. The molecule has 0 spiro atoms. The van der Waals surface area contributed by atoms with E-state index in [1.807, 2.05) is 0 Å². The number of rotatable bonds is 4. The predicted molar refractivity (Wildman–Crippen MR) is 76.5 cm³/mol. The van der Waals surface area contributed by atoms with Gasteiger partial charge in [0.05, 0.1) is 5.56 Å². The van der Waals surface area contributed by atoms with Crippen molar-refractivity contribution in [3.8, 4) is 0 Å². The average Bonchev–Trinajstić information content (AvgIpc) is 2.47. The Bertz CT molecular complexity index is 671. The number of anilines is 1. The number of para-hydroxylation sites is 1. The van der Waals surface area contributed by atoms with Crippen molar-refractivity contribution in [3.63, 3.8) is 0 Å². The molecule has 116 valence electrons. The molecule has 2 aromatic carbocycles. The number of carboxylic acid groups (broad SMARTS) is 1. The highest BCUT2D eigenvalue weighted by Gasteiger charge is 2.38. The van der Waals surface area contributed by atoms with Gasteiger partial charge in [-0.15, -0.1) is 0 Å². The SMILES string of the molecule is CC(Nc1ccccc1)(C(=O)O)c1cccc(C(F)(F)F)c1. The van der Waals surface area contributed by atoms with Crippen LogP contribution in [0.5, 0.6) is 0 Å². The molecule has 3 nitrogen and oxygen atoms in total. The molecule has 0 aliphatic heterocycles. The van der Waals surface area contributed by atoms with Crippen LogP contribution in [0.25, 0.3) is 0 Å². The van der Waals surface area contributed by atoms with E-state index >= 15 is 0 Å². The highest BCUT2D eigenvalue weighted by Crippen LogP contribution is 2.33. The van der Waals surface area contributed by atoms with Gasteiger partial charge >= 0.3 is 12.1 Å². The first kappa shape index (κ1) is 15.9. The number of halogens is 3. The van der Waals surface area contributed by atoms with Gasteiger partial charge in [0.1, 0.15) is 0 Å². The molecule has 0 heterocycles. The lowest BCUT2D eigenvalue weighted by Crippen LogP contribution is -2.40. The Balaban J connectivity index is 2.46. The van der Waals surface area contributed by atoms with Crippen LogP contribution >= 0.6 is 0 Å². The summed E-state index contributed by atoms with van der Waals surface area (Å²) in [6.07, 6.45) is -4.53. The minimum atomic E-state index is -4.53. The summed E-state index contributed by atoms with van der Waals surface area (Å²) in [6.45, 7) is 1.33. The summed E-state index contributed by atoms with van der Waals surface area (Å²) in [5.74, 6) is -1.27. The standard InChI is InChI=1S/C16H14F3NO2/c1-15(14(21)22,20-13-8-3-2-4-9-13)11-6-5-7-12(10-11)16(17,18)19/h2-10,20H,1H3,(H,21,22). The largest absolute Gasteiger partial charge is 0.479 e. The average molecular weight is 309 g/mol. The molecule has 0 saturated heterocycles. The topological polar surface area (TPSA) is 49.3 Å². The summed E-state index contributed by atoms with van der Waals surface area (Å²) in [5.41, 5.74) is -2.03. The van der Waals surface area contributed by atoms with Crippen LogP contribution in [0, 0.1) is 0 Å². The molecule has 22 heavy (non-hydrogen) atoms. The van der Waals surface area contributed by atoms with Gasteiger partial charge in [-0.3, -0.25) is 0 Å². The quantitative estimate of drug-likeness (QED) is 0.893. The fourth-order valence-corrected chi connectivity index (χ4v) is 2.07. The van der Waals surface area contributed by atoms with E-state index in [-0.39, 0.29) is 5.56 Å². The summed E-state index contributed by atoms with van der Waals surface area (Å²) in [6, 6.07) is 12.8. The molecule has 2 N–H and O–H groups in total. The van der Waals surface area contributed by atoms with Crippen molar-refractivity contribution in [1.29, 1.82) is 0 Å². The molecule has 2 rings (SSSR count). The molecule has 0 amide bonds. The van der Waals surface area contributed by atoms with Crippen LogP contribution in [0.4, 0.5) is 18.9 Å². The van der Waals surface area contributed by atoms with Gasteiger partial charge in [-0.25, -0.2) is 4.79 Å². The number of carbonyl (C=O) groups is 1. The van der Waals surface area contributed by atoms with Crippen molar-refractivity contribution in [3.05, 3.63) is 65.7 Å². The maximum atomic E-state index is 12.8. The van der Waals surface area contributed by atoms with Crippen LogP contribution in [-0.4, -0.2) is 11.1 Å². The van der Waals surface area contributed by atoms with E-state index in [9.17, 15) is 23.1 Å². The van der Waals surface area contributed by atoms with E-state index in [0.29, 0.717) is 5.69 Å². The second-order valence-electron chi connectivity index (χ2n) is 5.00. The summed E-state index contributed by atoms with van der Waals surface area (Å²) < 4.78 is 38.4. The minimum Gasteiger partial charge on any atom is -0.479 e. The molecule has 6 heteroatoms. The highest BCUT2D eigenvalue weighted by molar-refractivity contribution is 5.84. The fourth-order valence-electron chi connectivity index (χ4n) is 2.07. The zero-order chi connectivity index (χ0) is 16.4. The van der Waals surface area contributed by atoms with Crippen molar-refractivity contribution < 1.29 is 23.1 Å². The molecule has 1 unspecified atom stereocenters. The zero-order valence-electron chi connectivity index (χ0n) is 11.7. The molecule has 0 fully saturated rings. The second kappa shape index (κ2) is 5.71. The number of alkyl halides is 3. The first-order valence-corrected chi connectivity index (χ1v) is 6.48. The van der Waals surface area contributed by atoms with Crippen LogP contribution in [0.2, 0.25) is 0 Å². The van der Waals surface area contributed by atoms with Gasteiger partial charge in [0, 0.05) is 5.69 Å². The van der Waals surface area contributed by atoms with Crippen LogP contribution < -0.4 is 5.32 Å². The van der Waals surface area contributed by atoms with E-state index < -0.39 is 23.2 Å². The maximum absolute atomic E-state index is 12.8. The lowest BCUT2D eigenvalue weighted by atomic mass is 9.90. The Morgan fingerprint density at radius 2 is 1.59 bits per heavy atom. The molecule has 1 atom stereocenters. The maximum Gasteiger partial charge on any atom is 0.416 e. The highest BCUT2D eigenvalue weighted by atomic mass is 19.4. The van der Waals surface area contributed by atoms with Crippen LogP contribution in [0.3, 0.4) is 0 Å². The second-order valence-corrected chi connectivity index (χ2v) is 5.00. The summed E-state index contributed by atoms with van der Waals surface area (Å²) in [7, 11) is 0. The van der Waals surface area contributed by atoms with Crippen molar-refractivity contribution in [2.24, 2.45) is 0 Å². The number of hydrogen-bond donors (Lipinski definition) is 2. The van der Waals surface area contributed by atoms with Crippen molar-refractivity contribution in [2.75, 3.05) is 5.32 Å². The van der Waals surface area contributed by atoms with Gasteiger partial charge in [0.15, 0.2) is 5.54 Å². The Kier molecular flexibility index (Phi) is 4.12. The Labute approximate surface area is 125 Å². The summed E-state index contributed by atoms with van der Waals surface area (Å²) in [4.78, 5) is 11.6. The molecular formula is C16H14F3NO2. The van der Waals surface area contributed by atoms with Crippen LogP contribution in [0.15, 0.2) is 54.6 Å². The summed E-state index contributed by atoms with van der Waals surface area (Å²) in [5, 5.41) is 12.3. The third-order valence-corrected chi connectivity index (χ3v) is 3.36. The number of hydrogen-bond acceptors (Lipinski definition) is 2. The van der Waals surface area contributed by atoms with E-state index in [2.05, 4.69) is 5.32 Å². The third kappa shape index (κ3) is 3.21. The third-order valence-electron chi connectivity index (χ3n) is 3.36. The van der Waals surface area contributed by atoms with Crippen molar-refractivity contribution in [2.45, 2.75) is 18.6 Å². The van der Waals surface area contributed by atoms with E-state index in [4.69, 9.17) is 0 Å². The van der Waals surface area contributed by atoms with Crippen LogP contribution in [0.1, 0.15) is 18.1 Å². The molecule has 0 saturated carbocycles. The van der Waals surface area contributed by atoms with Crippen LogP contribution in [-0.2, 0) is 16.5 Å². The Morgan fingerprint density at radius 1 is 1.00 bits per heavy atom. The van der Waals surface area contributed by atoms with Gasteiger partial charge in [0.2, 0.25) is 0 Å². The number of nitrogens with one attached hydrogen (secondary N) is 1. The van der Waals surface area contributed by atoms with E-state index in [1.54, 1.807) is 30.3 Å². The number of benzene rings is 2. The van der Waals surface area contributed by atoms with Gasteiger partial charge in [-0.2, -0.15) is 13.2 Å². The monoisotopic (exact) mass is 309 g/mol. The lowest BCUT2D eigenvalue weighted by Gasteiger charge is -2.28. The Hall–Kier alpha value is -2.50. The van der Waals surface area contributed by atoms with Crippen molar-refractivity contribution in [1.82, 2.24) is 0 Å². The van der Waals surface area contributed by atoms with Gasteiger partial charge in [-0.05, 0) is 36.8 Å². The van der Waals surface area contributed by atoms with E-state index in [0.717, 1.165) is 12.1 Å². The fraction of sp³-hybridized carbons (Fsp3) is 0.188. The van der Waals surface area contributed by atoms with Gasteiger partial charge in [-0.1, -0.05) is 30.3 Å². The van der Waals surface area contributed by atoms with Crippen molar-refractivity contribution >= 4 is 11.7 Å². The molecule has 0 radical (unpaired) electrons. The molecule has 0 aliphatic rings. The lowest BCUT2D eigenvalue weighted by molar-refractivity contribution is -0.142. The molecule has 2 aromatic rings. The normalized spacial score (nSPS) is 14.2. The molecule has 0 aliphatic carbocycles. The first-order chi connectivity index (χ1) is 10.2.